The number of carbonyl (C=O) groups excluding carboxylic acids is 1. The molecular weight excluding hydrogens is 300 g/mol. The predicted octanol–water partition coefficient (Wildman–Crippen LogP) is 2.81. The molecule has 124 valence electrons. The average Bonchev–Trinajstić information content (AvgIpc) is 3.08. The first kappa shape index (κ1) is 16.2. The number of fused-ring (bicyclic) bond motifs is 1. The maximum Gasteiger partial charge on any atom is 0.252 e. The van der Waals surface area contributed by atoms with Crippen LogP contribution in [0.25, 0.3) is 10.9 Å². The molecule has 24 heavy (non-hydrogen) atoms. The number of carbonyl (C=O) groups is 1. The van der Waals surface area contributed by atoms with Gasteiger partial charge < -0.3 is 10.2 Å². The number of nitrogens with zero attached hydrogens (tertiary/aromatic N) is 2. The van der Waals surface area contributed by atoms with Crippen molar-refractivity contribution in [2.24, 2.45) is 0 Å². The van der Waals surface area contributed by atoms with Gasteiger partial charge in [0.15, 0.2) is 0 Å². The Kier molecular flexibility index (Phi) is 5.23. The third kappa shape index (κ3) is 4.00. The summed E-state index contributed by atoms with van der Waals surface area (Å²) < 4.78 is 0. The number of rotatable bonds is 7. The van der Waals surface area contributed by atoms with Crippen molar-refractivity contribution in [1.29, 1.82) is 0 Å². The van der Waals surface area contributed by atoms with Crippen LogP contribution >= 0.6 is 0 Å². The molecule has 1 amide bonds. The first-order chi connectivity index (χ1) is 11.7. The minimum atomic E-state index is -0.0484. The Morgan fingerprint density at radius 1 is 1.17 bits per heavy atom. The second kappa shape index (κ2) is 7.75. The normalized spacial score (nSPS) is 11.1. The highest BCUT2D eigenvalue weighted by atomic mass is 16.1. The molecule has 0 radical (unpaired) electrons. The summed E-state index contributed by atoms with van der Waals surface area (Å²) in [6.07, 6.45) is 2.61. The van der Waals surface area contributed by atoms with Gasteiger partial charge in [0.25, 0.3) is 5.91 Å². The Balaban J connectivity index is 1.45. The lowest BCUT2D eigenvalue weighted by Crippen LogP contribution is -2.28. The molecule has 0 aliphatic rings. The van der Waals surface area contributed by atoms with Crippen molar-refractivity contribution in [3.63, 3.8) is 0 Å². The molecule has 5 nitrogen and oxygen atoms in total. The standard InChI is InChI=1S/C19H22N4O/c1-23(14-15-7-3-2-4-8-15)12-6-11-20-19(24)16-9-5-10-18-17(16)13-21-22-18/h2-5,7-10,13H,6,11-12,14H2,1H3,(H,20,24)(H,21,22). The minimum Gasteiger partial charge on any atom is -0.352 e. The number of aromatic amines is 1. The summed E-state index contributed by atoms with van der Waals surface area (Å²) in [7, 11) is 2.10. The maximum atomic E-state index is 12.3. The molecule has 0 saturated carbocycles. The van der Waals surface area contributed by atoms with E-state index in [0.717, 1.165) is 30.4 Å². The van der Waals surface area contributed by atoms with E-state index >= 15 is 0 Å². The van der Waals surface area contributed by atoms with Crippen LogP contribution in [0.4, 0.5) is 0 Å². The minimum absolute atomic E-state index is 0.0484. The van der Waals surface area contributed by atoms with E-state index in [2.05, 4.69) is 51.7 Å². The van der Waals surface area contributed by atoms with Gasteiger partial charge in [-0.1, -0.05) is 36.4 Å². The number of hydrogen-bond donors (Lipinski definition) is 2. The van der Waals surface area contributed by atoms with Crippen LogP contribution in [0.15, 0.2) is 54.7 Å². The quantitative estimate of drug-likeness (QED) is 0.658. The highest BCUT2D eigenvalue weighted by molar-refractivity contribution is 6.05. The second-order valence-electron chi connectivity index (χ2n) is 5.97. The van der Waals surface area contributed by atoms with E-state index in [1.807, 2.05) is 24.3 Å². The summed E-state index contributed by atoms with van der Waals surface area (Å²) in [4.78, 5) is 14.6. The van der Waals surface area contributed by atoms with E-state index in [0.29, 0.717) is 12.1 Å². The summed E-state index contributed by atoms with van der Waals surface area (Å²) in [5, 5.41) is 10.7. The van der Waals surface area contributed by atoms with E-state index in [1.54, 1.807) is 6.20 Å². The van der Waals surface area contributed by atoms with Crippen molar-refractivity contribution in [3.05, 3.63) is 65.9 Å². The Morgan fingerprint density at radius 3 is 2.83 bits per heavy atom. The lowest BCUT2D eigenvalue weighted by Gasteiger charge is -2.16. The van der Waals surface area contributed by atoms with Gasteiger partial charge in [-0.2, -0.15) is 5.10 Å². The summed E-state index contributed by atoms with van der Waals surface area (Å²) in [5.41, 5.74) is 2.85. The van der Waals surface area contributed by atoms with Crippen molar-refractivity contribution >= 4 is 16.8 Å². The van der Waals surface area contributed by atoms with Gasteiger partial charge in [0.1, 0.15) is 0 Å². The fourth-order valence-electron chi connectivity index (χ4n) is 2.79. The van der Waals surface area contributed by atoms with Crippen LogP contribution < -0.4 is 5.32 Å². The summed E-state index contributed by atoms with van der Waals surface area (Å²) in [5.74, 6) is -0.0484. The van der Waals surface area contributed by atoms with E-state index < -0.39 is 0 Å². The number of benzene rings is 2. The zero-order chi connectivity index (χ0) is 16.8. The summed E-state index contributed by atoms with van der Waals surface area (Å²) >= 11 is 0. The van der Waals surface area contributed by atoms with Crippen molar-refractivity contribution in [1.82, 2.24) is 20.4 Å². The molecule has 2 N–H and O–H groups in total. The second-order valence-corrected chi connectivity index (χ2v) is 5.97. The molecule has 0 aliphatic heterocycles. The molecule has 3 rings (SSSR count). The van der Waals surface area contributed by atoms with E-state index in [-0.39, 0.29) is 5.91 Å². The molecular formula is C19H22N4O. The van der Waals surface area contributed by atoms with Crippen LogP contribution in [0.2, 0.25) is 0 Å². The summed E-state index contributed by atoms with van der Waals surface area (Å²) in [6.45, 7) is 2.51. The Bertz CT molecular complexity index is 797. The van der Waals surface area contributed by atoms with Gasteiger partial charge in [0, 0.05) is 18.5 Å². The molecule has 0 saturated heterocycles. The van der Waals surface area contributed by atoms with Crippen molar-refractivity contribution < 1.29 is 4.79 Å². The van der Waals surface area contributed by atoms with Crippen molar-refractivity contribution in [3.8, 4) is 0 Å². The third-order valence-corrected chi connectivity index (χ3v) is 4.03. The molecule has 0 aliphatic carbocycles. The van der Waals surface area contributed by atoms with E-state index in [4.69, 9.17) is 0 Å². The van der Waals surface area contributed by atoms with Crippen LogP contribution in [-0.4, -0.2) is 41.1 Å². The molecule has 1 heterocycles. The van der Waals surface area contributed by atoms with Gasteiger partial charge in [-0.05, 0) is 37.7 Å². The van der Waals surface area contributed by atoms with E-state index in [1.165, 1.54) is 5.56 Å². The van der Waals surface area contributed by atoms with Gasteiger partial charge >= 0.3 is 0 Å². The van der Waals surface area contributed by atoms with Crippen LogP contribution in [0.5, 0.6) is 0 Å². The number of H-pyrrole nitrogens is 1. The van der Waals surface area contributed by atoms with Gasteiger partial charge in [0.05, 0.1) is 17.3 Å². The van der Waals surface area contributed by atoms with Crippen LogP contribution in [-0.2, 0) is 6.54 Å². The Hall–Kier alpha value is -2.66. The number of aromatic nitrogens is 2. The smallest absolute Gasteiger partial charge is 0.252 e. The highest BCUT2D eigenvalue weighted by Crippen LogP contribution is 2.15. The van der Waals surface area contributed by atoms with Gasteiger partial charge in [0.2, 0.25) is 0 Å². The Morgan fingerprint density at radius 2 is 2.00 bits per heavy atom. The van der Waals surface area contributed by atoms with Crippen LogP contribution in [0.3, 0.4) is 0 Å². The lowest BCUT2D eigenvalue weighted by molar-refractivity contribution is 0.0953. The maximum absolute atomic E-state index is 12.3. The highest BCUT2D eigenvalue weighted by Gasteiger charge is 2.10. The van der Waals surface area contributed by atoms with E-state index in [9.17, 15) is 4.79 Å². The monoisotopic (exact) mass is 322 g/mol. The van der Waals surface area contributed by atoms with Gasteiger partial charge in [-0.3, -0.25) is 9.89 Å². The van der Waals surface area contributed by atoms with Gasteiger partial charge in [-0.15, -0.1) is 0 Å². The fourth-order valence-corrected chi connectivity index (χ4v) is 2.79. The number of nitrogens with one attached hydrogen (secondary N) is 2. The fraction of sp³-hybridized carbons (Fsp3) is 0.263. The molecule has 2 aromatic carbocycles. The first-order valence-corrected chi connectivity index (χ1v) is 8.17. The molecule has 1 aromatic heterocycles. The van der Waals surface area contributed by atoms with Crippen molar-refractivity contribution in [2.75, 3.05) is 20.1 Å². The topological polar surface area (TPSA) is 61.0 Å². The molecule has 0 atom stereocenters. The SMILES string of the molecule is CN(CCCNC(=O)c1cccc2[nH]ncc12)Cc1ccccc1. The lowest BCUT2D eigenvalue weighted by atomic mass is 10.1. The molecule has 5 heteroatoms. The molecule has 0 spiro atoms. The molecule has 0 bridgehead atoms. The largest absolute Gasteiger partial charge is 0.352 e. The molecule has 0 fully saturated rings. The van der Waals surface area contributed by atoms with Crippen LogP contribution in [0.1, 0.15) is 22.3 Å². The predicted molar refractivity (Wildman–Crippen MR) is 95.8 cm³/mol. The molecule has 0 unspecified atom stereocenters. The first-order valence-electron chi connectivity index (χ1n) is 8.17. The zero-order valence-electron chi connectivity index (χ0n) is 13.8. The summed E-state index contributed by atoms with van der Waals surface area (Å²) in [6, 6.07) is 16.0. The number of hydrogen-bond acceptors (Lipinski definition) is 3. The third-order valence-electron chi connectivity index (χ3n) is 4.03. The zero-order valence-corrected chi connectivity index (χ0v) is 13.8. The Labute approximate surface area is 141 Å². The van der Waals surface area contributed by atoms with Crippen LogP contribution in [0, 0.1) is 0 Å². The number of amides is 1. The van der Waals surface area contributed by atoms with Crippen molar-refractivity contribution in [2.45, 2.75) is 13.0 Å². The molecule has 3 aromatic rings. The average molecular weight is 322 g/mol. The van der Waals surface area contributed by atoms with Gasteiger partial charge in [-0.25, -0.2) is 0 Å².